The number of benzene rings is 2. The lowest BCUT2D eigenvalue weighted by Crippen LogP contribution is -2.30. The number of urea groups is 1. The summed E-state index contributed by atoms with van der Waals surface area (Å²) in [6.07, 6.45) is 3.04. The second-order valence-electron chi connectivity index (χ2n) is 6.93. The number of hydrogen-bond donors (Lipinski definition) is 3. The van der Waals surface area contributed by atoms with Crippen molar-refractivity contribution in [1.82, 2.24) is 5.32 Å². The van der Waals surface area contributed by atoms with Gasteiger partial charge in [0.2, 0.25) is 0 Å². The van der Waals surface area contributed by atoms with Crippen molar-refractivity contribution in [2.24, 2.45) is 0 Å². The lowest BCUT2D eigenvalue weighted by molar-refractivity contribution is 0.251. The molecular weight excluding hydrogens is 362 g/mol. The number of amides is 2. The maximum absolute atomic E-state index is 12.6. The van der Waals surface area contributed by atoms with Gasteiger partial charge in [-0.1, -0.05) is 26.0 Å². The first-order valence-corrected chi connectivity index (χ1v) is 10.7. The molecule has 2 amide bonds. The van der Waals surface area contributed by atoms with E-state index in [0.717, 1.165) is 24.8 Å². The number of hydrogen-bond acceptors (Lipinski definition) is 3. The fourth-order valence-electron chi connectivity index (χ4n) is 2.63. The molecule has 3 rings (SSSR count). The summed E-state index contributed by atoms with van der Waals surface area (Å²) >= 11 is 0. The molecule has 1 unspecified atom stereocenters. The van der Waals surface area contributed by atoms with Crippen LogP contribution in [0.25, 0.3) is 0 Å². The van der Waals surface area contributed by atoms with Gasteiger partial charge in [-0.2, -0.15) is 0 Å². The van der Waals surface area contributed by atoms with Crippen LogP contribution in [0.15, 0.2) is 53.4 Å². The predicted octanol–water partition coefficient (Wildman–Crippen LogP) is 4.28. The van der Waals surface area contributed by atoms with Crippen LogP contribution < -0.4 is 15.4 Å². The van der Waals surface area contributed by atoms with Crippen LogP contribution in [-0.2, 0) is 10.0 Å². The molecule has 1 aliphatic carbocycles. The van der Waals surface area contributed by atoms with Gasteiger partial charge in [0.05, 0.1) is 4.90 Å². The van der Waals surface area contributed by atoms with Gasteiger partial charge in [-0.3, -0.25) is 4.72 Å². The van der Waals surface area contributed by atoms with Crippen LogP contribution in [0, 0.1) is 0 Å². The van der Waals surface area contributed by atoms with Gasteiger partial charge in [0.25, 0.3) is 10.0 Å². The summed E-state index contributed by atoms with van der Waals surface area (Å²) in [5.41, 5.74) is 2.17. The van der Waals surface area contributed by atoms with Gasteiger partial charge >= 0.3 is 6.03 Å². The van der Waals surface area contributed by atoms with Crippen molar-refractivity contribution < 1.29 is 13.2 Å². The van der Waals surface area contributed by atoms with Crippen molar-refractivity contribution in [1.29, 1.82) is 0 Å². The highest BCUT2D eigenvalue weighted by molar-refractivity contribution is 7.92. The van der Waals surface area contributed by atoms with Crippen molar-refractivity contribution in [3.05, 3.63) is 54.1 Å². The predicted molar refractivity (Wildman–Crippen MR) is 108 cm³/mol. The first-order chi connectivity index (χ1) is 12.9. The van der Waals surface area contributed by atoms with Crippen LogP contribution in [0.4, 0.5) is 16.2 Å². The third-order valence-electron chi connectivity index (χ3n) is 4.68. The number of carbonyl (C=O) groups is 1. The number of sulfonamides is 1. The van der Waals surface area contributed by atoms with Gasteiger partial charge in [-0.15, -0.1) is 0 Å². The van der Waals surface area contributed by atoms with E-state index in [4.69, 9.17) is 0 Å². The molecule has 6 nitrogen and oxygen atoms in total. The first kappa shape index (κ1) is 19.2. The molecule has 1 atom stereocenters. The quantitative estimate of drug-likeness (QED) is 0.662. The molecule has 2 aromatic carbocycles. The Kier molecular flexibility index (Phi) is 5.70. The zero-order valence-corrected chi connectivity index (χ0v) is 16.3. The highest BCUT2D eigenvalue weighted by atomic mass is 32.2. The second kappa shape index (κ2) is 8.00. The van der Waals surface area contributed by atoms with E-state index in [9.17, 15) is 13.2 Å². The maximum atomic E-state index is 12.6. The third kappa shape index (κ3) is 5.23. The summed E-state index contributed by atoms with van der Waals surface area (Å²) in [5.74, 6) is 0.395. The van der Waals surface area contributed by atoms with Gasteiger partial charge < -0.3 is 10.6 Å². The number of carbonyl (C=O) groups excluding carboxylic acids is 1. The van der Waals surface area contributed by atoms with E-state index >= 15 is 0 Å². The van der Waals surface area contributed by atoms with Crippen LogP contribution in [-0.4, -0.2) is 20.5 Å². The highest BCUT2D eigenvalue weighted by Gasteiger charge is 2.23. The van der Waals surface area contributed by atoms with Gasteiger partial charge in [0.15, 0.2) is 0 Å². The van der Waals surface area contributed by atoms with E-state index in [1.165, 1.54) is 0 Å². The number of rotatable bonds is 7. The molecule has 1 fully saturated rings. The minimum absolute atomic E-state index is 0.223. The standard InChI is InChI=1S/C20H25N3O3S/c1-3-14(2)15-4-12-19(13-5-15)27(25,26)23-18-10-8-17(9-11-18)22-20(24)21-16-6-7-16/h4-5,8-14,16,23H,3,6-7H2,1-2H3,(H2,21,22,24). The summed E-state index contributed by atoms with van der Waals surface area (Å²) in [5, 5.41) is 5.56. The third-order valence-corrected chi connectivity index (χ3v) is 6.08. The normalized spacial score (nSPS) is 15.0. The molecule has 2 aromatic rings. The zero-order chi connectivity index (χ0) is 19.4. The average Bonchev–Trinajstić information content (AvgIpc) is 3.46. The van der Waals surface area contributed by atoms with Crippen LogP contribution >= 0.6 is 0 Å². The van der Waals surface area contributed by atoms with Crippen molar-refractivity contribution in [2.75, 3.05) is 10.0 Å². The molecule has 0 aliphatic heterocycles. The maximum Gasteiger partial charge on any atom is 0.319 e. The Morgan fingerprint density at radius 3 is 2.19 bits per heavy atom. The van der Waals surface area contributed by atoms with Crippen LogP contribution in [0.3, 0.4) is 0 Å². The van der Waals surface area contributed by atoms with Gasteiger partial charge in [0.1, 0.15) is 0 Å². The molecule has 0 bridgehead atoms. The fourth-order valence-corrected chi connectivity index (χ4v) is 3.69. The van der Waals surface area contributed by atoms with Crippen LogP contribution in [0.2, 0.25) is 0 Å². The Morgan fingerprint density at radius 1 is 1.04 bits per heavy atom. The summed E-state index contributed by atoms with van der Waals surface area (Å²) in [7, 11) is -3.66. The molecule has 1 aliphatic rings. The topological polar surface area (TPSA) is 87.3 Å². The summed E-state index contributed by atoms with van der Waals surface area (Å²) in [4.78, 5) is 11.9. The van der Waals surface area contributed by atoms with E-state index in [2.05, 4.69) is 29.2 Å². The minimum atomic E-state index is -3.66. The lowest BCUT2D eigenvalue weighted by Gasteiger charge is -2.12. The van der Waals surface area contributed by atoms with Gasteiger partial charge in [0, 0.05) is 17.4 Å². The smallest absolute Gasteiger partial charge is 0.319 e. The van der Waals surface area contributed by atoms with Crippen molar-refractivity contribution in [3.8, 4) is 0 Å². The van der Waals surface area contributed by atoms with E-state index < -0.39 is 10.0 Å². The molecule has 0 spiro atoms. The van der Waals surface area contributed by atoms with E-state index in [-0.39, 0.29) is 17.0 Å². The van der Waals surface area contributed by atoms with E-state index in [1.807, 2.05) is 12.1 Å². The molecule has 144 valence electrons. The zero-order valence-electron chi connectivity index (χ0n) is 15.5. The Balaban J connectivity index is 1.63. The molecule has 0 saturated heterocycles. The SMILES string of the molecule is CCC(C)c1ccc(S(=O)(=O)Nc2ccc(NC(=O)NC3CC3)cc2)cc1. The molecule has 3 N–H and O–H groups in total. The minimum Gasteiger partial charge on any atom is -0.335 e. The Bertz CT molecular complexity index is 889. The molecule has 27 heavy (non-hydrogen) atoms. The molecule has 0 radical (unpaired) electrons. The van der Waals surface area contributed by atoms with Crippen LogP contribution in [0.5, 0.6) is 0 Å². The Hall–Kier alpha value is -2.54. The van der Waals surface area contributed by atoms with Gasteiger partial charge in [-0.25, -0.2) is 13.2 Å². The summed E-state index contributed by atoms with van der Waals surface area (Å²) in [6, 6.07) is 13.6. The van der Waals surface area contributed by atoms with E-state index in [0.29, 0.717) is 17.3 Å². The molecule has 0 heterocycles. The summed E-state index contributed by atoms with van der Waals surface area (Å²) in [6.45, 7) is 4.22. The first-order valence-electron chi connectivity index (χ1n) is 9.17. The lowest BCUT2D eigenvalue weighted by atomic mass is 9.99. The van der Waals surface area contributed by atoms with E-state index in [1.54, 1.807) is 36.4 Å². The number of nitrogens with one attached hydrogen (secondary N) is 3. The highest BCUT2D eigenvalue weighted by Crippen LogP contribution is 2.23. The van der Waals surface area contributed by atoms with Crippen LogP contribution in [0.1, 0.15) is 44.6 Å². The Labute approximate surface area is 160 Å². The molecular formula is C20H25N3O3S. The summed E-state index contributed by atoms with van der Waals surface area (Å²) < 4.78 is 27.7. The molecule has 1 saturated carbocycles. The largest absolute Gasteiger partial charge is 0.335 e. The second-order valence-corrected chi connectivity index (χ2v) is 8.62. The van der Waals surface area contributed by atoms with Crippen molar-refractivity contribution in [2.45, 2.75) is 50.0 Å². The van der Waals surface area contributed by atoms with Crippen molar-refractivity contribution in [3.63, 3.8) is 0 Å². The van der Waals surface area contributed by atoms with Crippen molar-refractivity contribution >= 4 is 27.4 Å². The number of anilines is 2. The fraction of sp³-hybridized carbons (Fsp3) is 0.350. The Morgan fingerprint density at radius 2 is 1.63 bits per heavy atom. The monoisotopic (exact) mass is 387 g/mol. The molecule has 0 aromatic heterocycles. The van der Waals surface area contributed by atoms with Gasteiger partial charge in [-0.05, 0) is 67.1 Å². The molecule has 7 heteroatoms. The average molecular weight is 388 g/mol.